The van der Waals surface area contributed by atoms with E-state index in [4.69, 9.17) is 5.73 Å². The van der Waals surface area contributed by atoms with Crippen LogP contribution in [0.15, 0.2) is 18.2 Å². The van der Waals surface area contributed by atoms with Crippen LogP contribution >= 0.6 is 15.9 Å². The van der Waals surface area contributed by atoms with Gasteiger partial charge >= 0.3 is 0 Å². The smallest absolute Gasteiger partial charge is 0.147 e. The summed E-state index contributed by atoms with van der Waals surface area (Å²) in [5.74, 6) is 0.157. The van der Waals surface area contributed by atoms with Crippen LogP contribution in [0.25, 0.3) is 0 Å². The van der Waals surface area contributed by atoms with E-state index in [-0.39, 0.29) is 5.78 Å². The first-order valence-electron chi connectivity index (χ1n) is 4.62. The van der Waals surface area contributed by atoms with Crippen molar-refractivity contribution < 1.29 is 4.79 Å². The molecule has 14 heavy (non-hydrogen) atoms. The highest BCUT2D eigenvalue weighted by Gasteiger charge is 2.05. The Bertz CT molecular complexity index is 336. The second kappa shape index (κ2) is 5.15. The molecule has 0 saturated carbocycles. The number of halogens is 1. The van der Waals surface area contributed by atoms with Gasteiger partial charge in [-0.15, -0.1) is 0 Å². The van der Waals surface area contributed by atoms with Crippen molar-refractivity contribution >= 4 is 27.4 Å². The number of anilines is 1. The SMILES string of the molecule is CCc1ccc(N)c(CC(=O)CBr)c1. The van der Waals surface area contributed by atoms with Crippen molar-refractivity contribution in [3.8, 4) is 0 Å². The number of Topliss-reactive ketones (excluding diaryl/α,β-unsaturated/α-hetero) is 1. The minimum Gasteiger partial charge on any atom is -0.398 e. The molecule has 0 spiro atoms. The predicted molar refractivity (Wildman–Crippen MR) is 62.7 cm³/mol. The summed E-state index contributed by atoms with van der Waals surface area (Å²) in [5.41, 5.74) is 8.64. The number of hydrogen-bond donors (Lipinski definition) is 1. The Morgan fingerprint density at radius 3 is 2.79 bits per heavy atom. The summed E-state index contributed by atoms with van der Waals surface area (Å²) in [4.78, 5) is 11.2. The number of carbonyl (C=O) groups is 1. The van der Waals surface area contributed by atoms with Crippen molar-refractivity contribution in [1.82, 2.24) is 0 Å². The van der Waals surface area contributed by atoms with Crippen molar-refractivity contribution in [2.75, 3.05) is 11.1 Å². The molecule has 2 N–H and O–H groups in total. The number of rotatable bonds is 4. The highest BCUT2D eigenvalue weighted by Crippen LogP contribution is 2.15. The molecule has 0 aliphatic carbocycles. The lowest BCUT2D eigenvalue weighted by Crippen LogP contribution is -2.06. The highest BCUT2D eigenvalue weighted by atomic mass is 79.9. The van der Waals surface area contributed by atoms with E-state index in [2.05, 4.69) is 22.9 Å². The maximum absolute atomic E-state index is 11.2. The fraction of sp³-hybridized carbons (Fsp3) is 0.364. The summed E-state index contributed by atoms with van der Waals surface area (Å²) in [6.07, 6.45) is 1.39. The molecule has 0 aromatic heterocycles. The van der Waals surface area contributed by atoms with Crippen molar-refractivity contribution in [2.24, 2.45) is 0 Å². The Morgan fingerprint density at radius 1 is 1.50 bits per heavy atom. The summed E-state index contributed by atoms with van der Waals surface area (Å²) in [6.45, 7) is 2.08. The summed E-state index contributed by atoms with van der Waals surface area (Å²) < 4.78 is 0. The second-order valence-electron chi connectivity index (χ2n) is 3.24. The van der Waals surface area contributed by atoms with Crippen LogP contribution in [-0.4, -0.2) is 11.1 Å². The quantitative estimate of drug-likeness (QED) is 0.663. The van der Waals surface area contributed by atoms with Gasteiger partial charge in [0.2, 0.25) is 0 Å². The maximum atomic E-state index is 11.2. The van der Waals surface area contributed by atoms with Crippen LogP contribution in [0.1, 0.15) is 18.1 Å². The van der Waals surface area contributed by atoms with Crippen LogP contribution in [0.2, 0.25) is 0 Å². The Morgan fingerprint density at radius 2 is 2.21 bits per heavy atom. The molecule has 0 radical (unpaired) electrons. The van der Waals surface area contributed by atoms with Gasteiger partial charge in [0.05, 0.1) is 5.33 Å². The summed E-state index contributed by atoms with van der Waals surface area (Å²) in [7, 11) is 0. The minimum atomic E-state index is 0.157. The van der Waals surface area contributed by atoms with E-state index in [1.165, 1.54) is 5.56 Å². The van der Waals surface area contributed by atoms with Gasteiger partial charge in [-0.1, -0.05) is 35.0 Å². The van der Waals surface area contributed by atoms with E-state index in [0.717, 1.165) is 12.0 Å². The average molecular weight is 256 g/mol. The zero-order valence-corrected chi connectivity index (χ0v) is 9.80. The summed E-state index contributed by atoms with van der Waals surface area (Å²) >= 11 is 3.14. The number of hydrogen-bond acceptors (Lipinski definition) is 2. The van der Waals surface area contributed by atoms with Gasteiger partial charge in [0, 0.05) is 12.1 Å². The first kappa shape index (κ1) is 11.2. The van der Waals surface area contributed by atoms with Gasteiger partial charge in [-0.05, 0) is 23.6 Å². The normalized spacial score (nSPS) is 10.1. The van der Waals surface area contributed by atoms with Crippen molar-refractivity contribution in [1.29, 1.82) is 0 Å². The largest absolute Gasteiger partial charge is 0.398 e. The number of ketones is 1. The lowest BCUT2D eigenvalue weighted by molar-refractivity contribution is -0.115. The average Bonchev–Trinajstić information content (AvgIpc) is 2.21. The van der Waals surface area contributed by atoms with Gasteiger partial charge in [-0.25, -0.2) is 0 Å². The fourth-order valence-corrected chi connectivity index (χ4v) is 1.49. The van der Waals surface area contributed by atoms with Crippen molar-refractivity contribution in [3.63, 3.8) is 0 Å². The molecule has 0 heterocycles. The molecule has 1 aromatic rings. The number of aryl methyl sites for hydroxylation is 1. The predicted octanol–water partition coefficient (Wildman–Crippen LogP) is 2.34. The lowest BCUT2D eigenvalue weighted by Gasteiger charge is -2.06. The number of nitrogens with two attached hydrogens (primary N) is 1. The lowest BCUT2D eigenvalue weighted by atomic mass is 10.0. The van der Waals surface area contributed by atoms with Crippen LogP contribution in [-0.2, 0) is 17.6 Å². The third kappa shape index (κ3) is 2.84. The van der Waals surface area contributed by atoms with Crippen LogP contribution < -0.4 is 5.73 Å². The molecule has 2 nitrogen and oxygen atoms in total. The Hall–Kier alpha value is -0.830. The fourth-order valence-electron chi connectivity index (χ4n) is 1.29. The zero-order valence-electron chi connectivity index (χ0n) is 8.22. The first-order chi connectivity index (χ1) is 6.67. The van der Waals surface area contributed by atoms with Gasteiger partial charge in [0.25, 0.3) is 0 Å². The molecular weight excluding hydrogens is 242 g/mol. The number of benzene rings is 1. The molecule has 0 amide bonds. The van der Waals surface area contributed by atoms with E-state index < -0.39 is 0 Å². The molecule has 0 atom stereocenters. The molecule has 0 unspecified atom stereocenters. The monoisotopic (exact) mass is 255 g/mol. The van der Waals surface area contributed by atoms with Gasteiger partial charge in [0.1, 0.15) is 5.78 Å². The standard InChI is InChI=1S/C11H14BrNO/c1-2-8-3-4-11(13)9(5-8)6-10(14)7-12/h3-5H,2,6-7,13H2,1H3. The molecular formula is C11H14BrNO. The van der Waals surface area contributed by atoms with Crippen molar-refractivity contribution in [2.45, 2.75) is 19.8 Å². The van der Waals surface area contributed by atoms with E-state index in [1.54, 1.807) is 0 Å². The molecule has 3 heteroatoms. The topological polar surface area (TPSA) is 43.1 Å². The van der Waals surface area contributed by atoms with Gasteiger partial charge in [-0.2, -0.15) is 0 Å². The third-order valence-corrected chi connectivity index (χ3v) is 2.78. The Balaban J connectivity index is 2.89. The molecule has 76 valence electrons. The van der Waals surface area contributed by atoms with E-state index in [9.17, 15) is 4.79 Å². The molecule has 1 aromatic carbocycles. The third-order valence-electron chi connectivity index (χ3n) is 2.15. The van der Waals surface area contributed by atoms with Gasteiger partial charge in [-0.3, -0.25) is 4.79 Å². The first-order valence-corrected chi connectivity index (χ1v) is 5.74. The molecule has 0 fully saturated rings. The van der Waals surface area contributed by atoms with Crippen LogP contribution in [0.3, 0.4) is 0 Å². The van der Waals surface area contributed by atoms with Gasteiger partial charge < -0.3 is 5.73 Å². The van der Waals surface area contributed by atoms with Gasteiger partial charge in [0.15, 0.2) is 0 Å². The molecule has 0 saturated heterocycles. The zero-order chi connectivity index (χ0) is 10.6. The van der Waals surface area contributed by atoms with Crippen LogP contribution in [0, 0.1) is 0 Å². The molecule has 0 aliphatic rings. The number of carbonyl (C=O) groups excluding carboxylic acids is 1. The van der Waals surface area contributed by atoms with E-state index in [1.807, 2.05) is 18.2 Å². The molecule has 1 rings (SSSR count). The van der Waals surface area contributed by atoms with Crippen LogP contribution in [0.4, 0.5) is 5.69 Å². The van der Waals surface area contributed by atoms with Crippen molar-refractivity contribution in [3.05, 3.63) is 29.3 Å². The van der Waals surface area contributed by atoms with E-state index in [0.29, 0.717) is 17.4 Å². The Labute approximate surface area is 92.6 Å². The highest BCUT2D eigenvalue weighted by molar-refractivity contribution is 9.09. The summed E-state index contributed by atoms with van der Waals surface area (Å²) in [6, 6.07) is 5.88. The maximum Gasteiger partial charge on any atom is 0.147 e. The van der Waals surface area contributed by atoms with E-state index >= 15 is 0 Å². The molecule has 0 bridgehead atoms. The summed E-state index contributed by atoms with van der Waals surface area (Å²) in [5, 5.41) is 0.392. The minimum absolute atomic E-state index is 0.157. The molecule has 0 aliphatic heterocycles. The second-order valence-corrected chi connectivity index (χ2v) is 3.80. The number of nitrogen functional groups attached to an aromatic ring is 1. The Kier molecular flexibility index (Phi) is 4.14. The van der Waals surface area contributed by atoms with Crippen LogP contribution in [0.5, 0.6) is 0 Å². The number of alkyl halides is 1.